The molecule has 1 aromatic rings. The zero-order valence-corrected chi connectivity index (χ0v) is 12.8. The van der Waals surface area contributed by atoms with Crippen LogP contribution in [0.2, 0.25) is 0 Å². The molecule has 0 aromatic heterocycles. The molecule has 1 rings (SSSR count). The van der Waals surface area contributed by atoms with E-state index in [2.05, 4.69) is 0 Å². The lowest BCUT2D eigenvalue weighted by Crippen LogP contribution is -2.38. The van der Waals surface area contributed by atoms with Gasteiger partial charge in [0.05, 0.1) is 12.5 Å². The zero-order chi connectivity index (χ0) is 17.0. The third-order valence-electron chi connectivity index (χ3n) is 3.51. The Bertz CT molecular complexity index is 471. The quantitative estimate of drug-likeness (QED) is 0.667. The lowest BCUT2D eigenvalue weighted by atomic mass is 10.0. The Morgan fingerprint density at radius 1 is 1.09 bits per heavy atom. The second-order valence-electron chi connectivity index (χ2n) is 4.90. The Morgan fingerprint density at radius 2 is 1.68 bits per heavy atom. The second kappa shape index (κ2) is 7.26. The van der Waals surface area contributed by atoms with Crippen molar-refractivity contribution in [1.29, 1.82) is 0 Å². The third kappa shape index (κ3) is 4.32. The normalized spacial score (nSPS) is 14.0. The maximum Gasteiger partial charge on any atom is 0.453 e. The molecule has 126 valence electrons. The Hall–Kier alpha value is -1.37. The minimum atomic E-state index is -5.58. The molecular weight excluding hydrogens is 305 g/mol. The lowest BCUT2D eigenvalue weighted by Gasteiger charge is -2.26. The van der Waals surface area contributed by atoms with Gasteiger partial charge in [0.2, 0.25) is 0 Å². The summed E-state index contributed by atoms with van der Waals surface area (Å²) >= 11 is 0. The predicted octanol–water partition coefficient (Wildman–Crippen LogP) is 4.81. The first kappa shape index (κ1) is 18.7. The van der Waals surface area contributed by atoms with E-state index in [0.29, 0.717) is 18.7 Å². The highest BCUT2D eigenvalue weighted by molar-refractivity contribution is 5.49. The Kier molecular flexibility index (Phi) is 6.17. The molecule has 0 bridgehead atoms. The van der Waals surface area contributed by atoms with Gasteiger partial charge in [-0.2, -0.15) is 22.0 Å². The number of hydrogen-bond acceptors (Lipinski definition) is 2. The SMILES string of the molecule is CCN(CC)c1cccc(C(CC(F)(F)C(F)(F)F)OC)c1. The first-order valence-corrected chi connectivity index (χ1v) is 6.98. The van der Waals surface area contributed by atoms with Gasteiger partial charge >= 0.3 is 12.1 Å². The fourth-order valence-corrected chi connectivity index (χ4v) is 2.20. The molecule has 0 aliphatic rings. The van der Waals surface area contributed by atoms with Crippen molar-refractivity contribution < 1.29 is 26.7 Å². The third-order valence-corrected chi connectivity index (χ3v) is 3.51. The van der Waals surface area contributed by atoms with E-state index in [9.17, 15) is 22.0 Å². The van der Waals surface area contributed by atoms with Gasteiger partial charge in [-0.1, -0.05) is 12.1 Å². The van der Waals surface area contributed by atoms with E-state index >= 15 is 0 Å². The molecule has 7 heteroatoms. The summed E-state index contributed by atoms with van der Waals surface area (Å²) in [5.41, 5.74) is 1.07. The Morgan fingerprint density at radius 3 is 2.14 bits per heavy atom. The highest BCUT2D eigenvalue weighted by Crippen LogP contribution is 2.42. The second-order valence-corrected chi connectivity index (χ2v) is 4.90. The first-order valence-electron chi connectivity index (χ1n) is 6.98. The maximum absolute atomic E-state index is 13.2. The summed E-state index contributed by atoms with van der Waals surface area (Å²) in [5.74, 6) is -4.79. The van der Waals surface area contributed by atoms with Gasteiger partial charge in [0.1, 0.15) is 0 Å². The van der Waals surface area contributed by atoms with E-state index in [-0.39, 0.29) is 0 Å². The average Bonchev–Trinajstić information content (AvgIpc) is 2.45. The van der Waals surface area contributed by atoms with E-state index in [4.69, 9.17) is 4.74 Å². The number of benzene rings is 1. The molecule has 0 spiro atoms. The molecule has 0 heterocycles. The van der Waals surface area contributed by atoms with Crippen LogP contribution in [0, 0.1) is 0 Å². The molecule has 0 aliphatic heterocycles. The van der Waals surface area contributed by atoms with Crippen LogP contribution in [0.15, 0.2) is 24.3 Å². The standard InChI is InChI=1S/C15H20F5NO/c1-4-21(5-2)12-8-6-7-11(9-12)13(22-3)10-14(16,17)15(18,19)20/h6-9,13H,4-5,10H2,1-3H3. The fraction of sp³-hybridized carbons (Fsp3) is 0.600. The van der Waals surface area contributed by atoms with Crippen molar-refractivity contribution >= 4 is 5.69 Å². The van der Waals surface area contributed by atoms with Crippen molar-refractivity contribution in [3.8, 4) is 0 Å². The molecule has 0 saturated carbocycles. The molecular formula is C15H20F5NO. The van der Waals surface area contributed by atoms with Crippen molar-refractivity contribution in [2.45, 2.75) is 38.5 Å². The highest BCUT2D eigenvalue weighted by Gasteiger charge is 2.58. The van der Waals surface area contributed by atoms with Gasteiger partial charge in [-0.15, -0.1) is 0 Å². The van der Waals surface area contributed by atoms with Crippen molar-refractivity contribution in [1.82, 2.24) is 0 Å². The molecule has 22 heavy (non-hydrogen) atoms. The van der Waals surface area contributed by atoms with Crippen LogP contribution < -0.4 is 4.90 Å². The zero-order valence-electron chi connectivity index (χ0n) is 12.8. The van der Waals surface area contributed by atoms with Crippen LogP contribution in [0.3, 0.4) is 0 Å². The van der Waals surface area contributed by atoms with Gasteiger partial charge in [-0.25, -0.2) is 0 Å². The van der Waals surface area contributed by atoms with E-state index in [0.717, 1.165) is 12.8 Å². The molecule has 0 radical (unpaired) electrons. The molecule has 2 nitrogen and oxygen atoms in total. The summed E-state index contributed by atoms with van der Waals surface area (Å²) in [7, 11) is 1.13. The van der Waals surface area contributed by atoms with Gasteiger partial charge in [0, 0.05) is 25.9 Å². The molecule has 0 amide bonds. The molecule has 1 unspecified atom stereocenters. The smallest absolute Gasteiger partial charge is 0.377 e. The summed E-state index contributed by atoms with van der Waals surface area (Å²) in [6.45, 7) is 5.27. The largest absolute Gasteiger partial charge is 0.453 e. The number of halogens is 5. The van der Waals surface area contributed by atoms with Crippen LogP contribution >= 0.6 is 0 Å². The van der Waals surface area contributed by atoms with E-state index in [1.165, 1.54) is 6.07 Å². The van der Waals surface area contributed by atoms with Gasteiger partial charge in [0.15, 0.2) is 0 Å². The molecule has 0 aliphatic carbocycles. The summed E-state index contributed by atoms with van der Waals surface area (Å²) in [4.78, 5) is 1.97. The molecule has 0 saturated heterocycles. The summed E-state index contributed by atoms with van der Waals surface area (Å²) < 4.78 is 68.4. The summed E-state index contributed by atoms with van der Waals surface area (Å²) in [6.07, 6.45) is -8.35. The molecule has 1 aromatic carbocycles. The number of ether oxygens (including phenoxy) is 1. The Balaban J connectivity index is 3.03. The van der Waals surface area contributed by atoms with Gasteiger partial charge in [-0.05, 0) is 31.5 Å². The fourth-order valence-electron chi connectivity index (χ4n) is 2.20. The van der Waals surface area contributed by atoms with Gasteiger partial charge < -0.3 is 9.64 Å². The topological polar surface area (TPSA) is 12.5 Å². The molecule has 1 atom stereocenters. The average molecular weight is 325 g/mol. The van der Waals surface area contributed by atoms with Crippen LogP contribution in [-0.2, 0) is 4.74 Å². The lowest BCUT2D eigenvalue weighted by molar-refractivity contribution is -0.291. The maximum atomic E-state index is 13.2. The number of anilines is 1. The molecule has 0 N–H and O–H groups in total. The Labute approximate surface area is 126 Å². The molecule has 0 fully saturated rings. The first-order chi connectivity index (χ1) is 10.2. The monoisotopic (exact) mass is 325 g/mol. The minimum absolute atomic E-state index is 0.302. The van der Waals surface area contributed by atoms with Gasteiger partial charge in [-0.3, -0.25) is 0 Å². The number of rotatable bonds is 7. The van der Waals surface area contributed by atoms with Crippen molar-refractivity contribution in [3.05, 3.63) is 29.8 Å². The van der Waals surface area contributed by atoms with Crippen molar-refractivity contribution in [3.63, 3.8) is 0 Å². The van der Waals surface area contributed by atoms with E-state index in [1.807, 2.05) is 18.7 Å². The van der Waals surface area contributed by atoms with Crippen LogP contribution in [0.25, 0.3) is 0 Å². The number of alkyl halides is 5. The summed E-state index contributed by atoms with van der Waals surface area (Å²) in [5, 5.41) is 0. The van der Waals surface area contributed by atoms with Crippen molar-refractivity contribution in [2.75, 3.05) is 25.1 Å². The number of hydrogen-bond donors (Lipinski definition) is 0. The van der Waals surface area contributed by atoms with Gasteiger partial charge in [0.25, 0.3) is 0 Å². The van der Waals surface area contributed by atoms with Crippen LogP contribution in [0.5, 0.6) is 0 Å². The predicted molar refractivity (Wildman–Crippen MR) is 75.4 cm³/mol. The van der Waals surface area contributed by atoms with Crippen LogP contribution in [0.1, 0.15) is 31.9 Å². The minimum Gasteiger partial charge on any atom is -0.377 e. The van der Waals surface area contributed by atoms with Crippen molar-refractivity contribution in [2.24, 2.45) is 0 Å². The number of nitrogens with zero attached hydrogens (tertiary/aromatic N) is 1. The van der Waals surface area contributed by atoms with E-state index < -0.39 is 24.6 Å². The van der Waals surface area contributed by atoms with E-state index in [1.54, 1.807) is 18.2 Å². The number of methoxy groups -OCH3 is 1. The van der Waals surface area contributed by atoms with Crippen LogP contribution in [0.4, 0.5) is 27.6 Å². The summed E-state index contributed by atoms with van der Waals surface area (Å²) in [6, 6.07) is 6.49. The van der Waals surface area contributed by atoms with Crippen LogP contribution in [-0.4, -0.2) is 32.3 Å². The highest BCUT2D eigenvalue weighted by atomic mass is 19.4.